The van der Waals surface area contributed by atoms with E-state index in [9.17, 15) is 5.11 Å². The lowest BCUT2D eigenvalue weighted by Crippen LogP contribution is -1.91. The topological polar surface area (TPSA) is 37.5 Å². The van der Waals surface area contributed by atoms with Gasteiger partial charge in [0.25, 0.3) is 0 Å². The zero-order valence-electron chi connectivity index (χ0n) is 8.03. The van der Waals surface area contributed by atoms with Crippen LogP contribution in [0.3, 0.4) is 0 Å². The Morgan fingerprint density at radius 2 is 2.29 bits per heavy atom. The van der Waals surface area contributed by atoms with Crippen molar-refractivity contribution < 1.29 is 5.11 Å². The fraction of sp³-hybridized carbons (Fsp3) is 0.300. The Bertz CT molecular complexity index is 476. The number of aliphatic hydroxyl groups is 1. The van der Waals surface area contributed by atoms with Gasteiger partial charge >= 0.3 is 0 Å². The highest BCUT2D eigenvalue weighted by atomic mass is 35.5. The first-order chi connectivity index (χ1) is 6.61. The van der Waals surface area contributed by atoms with E-state index in [1.54, 1.807) is 11.3 Å². The summed E-state index contributed by atoms with van der Waals surface area (Å²) < 4.78 is 1.78. The van der Waals surface area contributed by atoms with E-state index < -0.39 is 6.10 Å². The number of hydrogen-bond acceptors (Lipinski definition) is 2. The van der Waals surface area contributed by atoms with Gasteiger partial charge < -0.3 is 5.11 Å². The third-order valence-corrected chi connectivity index (χ3v) is 2.58. The highest BCUT2D eigenvalue weighted by molar-refractivity contribution is 6.30. The standard InChI is InChI=1S/C10H11ClN2O/c1-6-4-3-5-13-9(11)8(7(2)14)12-10(6)13/h3-5,7,14H,1-2H3. The molecule has 0 amide bonds. The SMILES string of the molecule is Cc1cccn2c(Cl)c(C(C)O)nc12. The summed E-state index contributed by atoms with van der Waals surface area (Å²) in [6.07, 6.45) is 1.20. The molecule has 0 spiro atoms. The van der Waals surface area contributed by atoms with Crippen LogP contribution in [0.5, 0.6) is 0 Å². The molecule has 0 saturated carbocycles. The average molecular weight is 211 g/mol. The van der Waals surface area contributed by atoms with Gasteiger partial charge in [0.05, 0.1) is 6.10 Å². The summed E-state index contributed by atoms with van der Waals surface area (Å²) in [4.78, 5) is 4.29. The van der Waals surface area contributed by atoms with Crippen LogP contribution < -0.4 is 0 Å². The Balaban J connectivity index is 2.80. The number of halogens is 1. The fourth-order valence-electron chi connectivity index (χ4n) is 1.46. The lowest BCUT2D eigenvalue weighted by molar-refractivity contribution is 0.195. The molecule has 74 valence electrons. The van der Waals surface area contributed by atoms with E-state index in [-0.39, 0.29) is 0 Å². The Labute approximate surface area is 87.0 Å². The minimum absolute atomic E-state index is 0.485. The molecule has 0 aromatic carbocycles. The molecule has 0 aliphatic carbocycles. The minimum Gasteiger partial charge on any atom is -0.387 e. The van der Waals surface area contributed by atoms with E-state index in [1.807, 2.05) is 25.3 Å². The quantitative estimate of drug-likeness (QED) is 0.785. The summed E-state index contributed by atoms with van der Waals surface area (Å²) in [5.41, 5.74) is 2.37. The molecule has 0 aliphatic rings. The van der Waals surface area contributed by atoms with Gasteiger partial charge in [-0.25, -0.2) is 4.98 Å². The number of fused-ring (bicyclic) bond motifs is 1. The van der Waals surface area contributed by atoms with E-state index in [0.29, 0.717) is 10.8 Å². The van der Waals surface area contributed by atoms with Crippen LogP contribution in [0.25, 0.3) is 5.65 Å². The molecule has 0 aliphatic heterocycles. The monoisotopic (exact) mass is 210 g/mol. The minimum atomic E-state index is -0.637. The van der Waals surface area contributed by atoms with Crippen molar-refractivity contribution in [3.63, 3.8) is 0 Å². The normalized spacial score (nSPS) is 13.4. The number of hydrogen-bond donors (Lipinski definition) is 1. The van der Waals surface area contributed by atoms with Crippen molar-refractivity contribution in [3.05, 3.63) is 34.7 Å². The third-order valence-electron chi connectivity index (χ3n) is 2.21. The van der Waals surface area contributed by atoms with Crippen molar-refractivity contribution in [2.75, 3.05) is 0 Å². The van der Waals surface area contributed by atoms with Gasteiger partial charge in [0.2, 0.25) is 0 Å². The number of pyridine rings is 1. The third kappa shape index (κ3) is 1.29. The fourth-order valence-corrected chi connectivity index (χ4v) is 1.80. The second-order valence-corrected chi connectivity index (χ2v) is 3.71. The van der Waals surface area contributed by atoms with Gasteiger partial charge in [0.15, 0.2) is 0 Å². The van der Waals surface area contributed by atoms with Crippen LogP contribution in [0.4, 0.5) is 0 Å². The molecule has 2 rings (SSSR count). The number of aromatic nitrogens is 2. The molecule has 2 aromatic rings. The maximum absolute atomic E-state index is 9.44. The van der Waals surface area contributed by atoms with Crippen LogP contribution in [0.1, 0.15) is 24.3 Å². The molecule has 1 unspecified atom stereocenters. The first-order valence-electron chi connectivity index (χ1n) is 4.42. The summed E-state index contributed by atoms with van der Waals surface area (Å²) >= 11 is 6.06. The molecular formula is C10H11ClN2O. The smallest absolute Gasteiger partial charge is 0.141 e. The molecule has 0 bridgehead atoms. The summed E-state index contributed by atoms with van der Waals surface area (Å²) in [6.45, 7) is 3.62. The van der Waals surface area contributed by atoms with E-state index in [0.717, 1.165) is 11.2 Å². The predicted octanol–water partition coefficient (Wildman–Crippen LogP) is 2.35. The molecule has 3 nitrogen and oxygen atoms in total. The van der Waals surface area contributed by atoms with Crippen LogP contribution in [0, 0.1) is 6.92 Å². The van der Waals surface area contributed by atoms with Gasteiger partial charge in [0.1, 0.15) is 16.5 Å². The summed E-state index contributed by atoms with van der Waals surface area (Å²) in [5, 5.41) is 9.92. The number of aryl methyl sites for hydroxylation is 1. The molecule has 0 radical (unpaired) electrons. The van der Waals surface area contributed by atoms with E-state index in [4.69, 9.17) is 11.6 Å². The molecule has 0 saturated heterocycles. The lowest BCUT2D eigenvalue weighted by atomic mass is 10.3. The summed E-state index contributed by atoms with van der Waals surface area (Å²) in [7, 11) is 0. The molecule has 14 heavy (non-hydrogen) atoms. The number of rotatable bonds is 1. The van der Waals surface area contributed by atoms with E-state index in [1.165, 1.54) is 0 Å². The highest BCUT2D eigenvalue weighted by Gasteiger charge is 2.14. The molecule has 0 fully saturated rings. The maximum Gasteiger partial charge on any atom is 0.141 e. The first kappa shape index (κ1) is 9.49. The number of aliphatic hydroxyl groups excluding tert-OH is 1. The van der Waals surface area contributed by atoms with Crippen molar-refractivity contribution in [2.45, 2.75) is 20.0 Å². The molecular weight excluding hydrogens is 200 g/mol. The highest BCUT2D eigenvalue weighted by Crippen LogP contribution is 2.24. The van der Waals surface area contributed by atoms with Crippen molar-refractivity contribution in [3.8, 4) is 0 Å². The van der Waals surface area contributed by atoms with Crippen LogP contribution in [0.15, 0.2) is 18.3 Å². The Morgan fingerprint density at radius 3 is 2.86 bits per heavy atom. The summed E-state index contributed by atoms with van der Waals surface area (Å²) in [6, 6.07) is 3.87. The van der Waals surface area contributed by atoms with Gasteiger partial charge in [-0.1, -0.05) is 17.7 Å². The van der Waals surface area contributed by atoms with Crippen molar-refractivity contribution in [1.82, 2.24) is 9.38 Å². The van der Waals surface area contributed by atoms with E-state index in [2.05, 4.69) is 4.98 Å². The molecule has 2 aromatic heterocycles. The zero-order valence-corrected chi connectivity index (χ0v) is 8.78. The molecule has 1 atom stereocenters. The second kappa shape index (κ2) is 3.26. The maximum atomic E-state index is 9.44. The van der Waals surface area contributed by atoms with Crippen molar-refractivity contribution in [1.29, 1.82) is 0 Å². The van der Waals surface area contributed by atoms with Gasteiger partial charge in [-0.3, -0.25) is 4.40 Å². The molecule has 2 heterocycles. The zero-order chi connectivity index (χ0) is 10.3. The number of imidazole rings is 1. The Hall–Kier alpha value is -1.06. The van der Waals surface area contributed by atoms with Gasteiger partial charge in [-0.15, -0.1) is 0 Å². The predicted molar refractivity (Wildman–Crippen MR) is 55.6 cm³/mol. The van der Waals surface area contributed by atoms with Crippen LogP contribution in [-0.4, -0.2) is 14.5 Å². The van der Waals surface area contributed by atoms with Gasteiger partial charge in [0, 0.05) is 6.20 Å². The summed E-state index contributed by atoms with van der Waals surface area (Å²) in [5.74, 6) is 0. The average Bonchev–Trinajstić information content (AvgIpc) is 2.46. The van der Waals surface area contributed by atoms with Gasteiger partial charge in [-0.05, 0) is 25.5 Å². The van der Waals surface area contributed by atoms with E-state index >= 15 is 0 Å². The van der Waals surface area contributed by atoms with Crippen LogP contribution in [0.2, 0.25) is 5.15 Å². The molecule has 1 N–H and O–H groups in total. The van der Waals surface area contributed by atoms with Crippen LogP contribution in [-0.2, 0) is 0 Å². The first-order valence-corrected chi connectivity index (χ1v) is 4.80. The Morgan fingerprint density at radius 1 is 1.57 bits per heavy atom. The van der Waals surface area contributed by atoms with Crippen molar-refractivity contribution in [2.24, 2.45) is 0 Å². The van der Waals surface area contributed by atoms with Gasteiger partial charge in [-0.2, -0.15) is 0 Å². The lowest BCUT2D eigenvalue weighted by Gasteiger charge is -1.98. The largest absolute Gasteiger partial charge is 0.387 e. The second-order valence-electron chi connectivity index (χ2n) is 3.35. The van der Waals surface area contributed by atoms with Crippen molar-refractivity contribution >= 4 is 17.2 Å². The van der Waals surface area contributed by atoms with Crippen LogP contribution >= 0.6 is 11.6 Å². The Kier molecular flexibility index (Phi) is 2.21. The molecule has 4 heteroatoms. The number of nitrogens with zero attached hydrogens (tertiary/aromatic N) is 2.